The highest BCUT2D eigenvalue weighted by Crippen LogP contribution is 2.38. The average molecular weight is 311 g/mol. The molecule has 1 unspecified atom stereocenters. The molecular weight excluding hydrogens is 294 g/mol. The van der Waals surface area contributed by atoms with Crippen molar-refractivity contribution in [2.24, 2.45) is 0 Å². The zero-order valence-electron chi connectivity index (χ0n) is 10.7. The molecule has 110 valence electrons. The van der Waals surface area contributed by atoms with E-state index >= 15 is 0 Å². The van der Waals surface area contributed by atoms with Gasteiger partial charge in [-0.25, -0.2) is 4.31 Å². The first-order valence-electron chi connectivity index (χ1n) is 6.16. The van der Waals surface area contributed by atoms with Gasteiger partial charge >= 0.3 is 5.97 Å². The molecular formula is C11H17ClNO5S-. The molecule has 1 aliphatic rings. The van der Waals surface area contributed by atoms with Crippen LogP contribution < -0.4 is 0 Å². The Morgan fingerprint density at radius 2 is 2.00 bits per heavy atom. The molecule has 1 fully saturated rings. The van der Waals surface area contributed by atoms with Gasteiger partial charge in [0.2, 0.25) is 5.24 Å². The van der Waals surface area contributed by atoms with Gasteiger partial charge in [0, 0.05) is 17.8 Å². The van der Waals surface area contributed by atoms with E-state index in [1.165, 1.54) is 0 Å². The minimum atomic E-state index is -2.60. The molecule has 0 aromatic heterocycles. The molecule has 0 spiro atoms. The number of ether oxygens (including phenoxy) is 1. The van der Waals surface area contributed by atoms with Gasteiger partial charge in [-0.2, -0.15) is 0 Å². The third-order valence-electron chi connectivity index (χ3n) is 3.28. The van der Waals surface area contributed by atoms with Crippen molar-refractivity contribution in [2.45, 2.75) is 44.6 Å². The summed E-state index contributed by atoms with van der Waals surface area (Å²) in [5.74, 6) is -0.492. The molecule has 1 atom stereocenters. The minimum absolute atomic E-state index is 0.0895. The zero-order chi connectivity index (χ0) is 14.5. The van der Waals surface area contributed by atoms with Gasteiger partial charge in [-0.1, -0.05) is 12.8 Å². The lowest BCUT2D eigenvalue weighted by molar-refractivity contribution is -0.143. The molecule has 1 rings (SSSR count). The predicted molar refractivity (Wildman–Crippen MR) is 68.9 cm³/mol. The maximum Gasteiger partial charge on any atom is 0.307 e. The Hall–Kier alpha value is -0.500. The summed E-state index contributed by atoms with van der Waals surface area (Å²) in [4.78, 5) is 22.9. The van der Waals surface area contributed by atoms with Gasteiger partial charge in [-0.05, 0) is 31.4 Å². The summed E-state index contributed by atoms with van der Waals surface area (Å²) in [6, 6.07) is 0. The molecule has 1 aliphatic carbocycles. The van der Waals surface area contributed by atoms with E-state index in [4.69, 9.17) is 16.3 Å². The van der Waals surface area contributed by atoms with Crippen LogP contribution in [-0.4, -0.2) is 43.0 Å². The number of esters is 1. The molecule has 19 heavy (non-hydrogen) atoms. The van der Waals surface area contributed by atoms with E-state index < -0.39 is 28.0 Å². The minimum Gasteiger partial charge on any atom is -0.760 e. The molecule has 0 N–H and O–H groups in total. The van der Waals surface area contributed by atoms with Gasteiger partial charge < -0.3 is 9.29 Å². The van der Waals surface area contributed by atoms with Gasteiger partial charge in [0.25, 0.3) is 0 Å². The summed E-state index contributed by atoms with van der Waals surface area (Å²) in [7, 11) is 0. The highest BCUT2D eigenvalue weighted by molar-refractivity contribution is 7.76. The Labute approximate surface area is 119 Å². The van der Waals surface area contributed by atoms with Crippen LogP contribution in [0.3, 0.4) is 0 Å². The van der Waals surface area contributed by atoms with E-state index in [1.54, 1.807) is 6.92 Å². The number of hydrogen-bond donors (Lipinski definition) is 0. The van der Waals surface area contributed by atoms with E-state index in [0.717, 1.165) is 17.1 Å². The van der Waals surface area contributed by atoms with Crippen molar-refractivity contribution in [3.63, 3.8) is 0 Å². The fourth-order valence-corrected chi connectivity index (χ4v) is 3.49. The highest BCUT2D eigenvalue weighted by atomic mass is 35.5. The summed E-state index contributed by atoms with van der Waals surface area (Å²) in [5.41, 5.74) is -1.19. The topological polar surface area (TPSA) is 86.7 Å². The molecule has 0 saturated heterocycles. The van der Waals surface area contributed by atoms with Crippen LogP contribution in [0, 0.1) is 0 Å². The zero-order valence-corrected chi connectivity index (χ0v) is 12.3. The standard InChI is InChI=1S/C11H18ClNO5S/c1-2-18-9(14)5-8-13(19(16)17)11(10(12)15)6-3-4-7-11/h2-8H2,1H3,(H,16,17)/p-1. The van der Waals surface area contributed by atoms with Crippen LogP contribution in [-0.2, 0) is 25.6 Å². The summed E-state index contributed by atoms with van der Waals surface area (Å²) in [5, 5.41) is -0.682. The summed E-state index contributed by atoms with van der Waals surface area (Å²) in [6.45, 7) is 1.81. The predicted octanol–water partition coefficient (Wildman–Crippen LogP) is 1.11. The van der Waals surface area contributed by atoms with Crippen LogP contribution in [0.2, 0.25) is 0 Å². The lowest BCUT2D eigenvalue weighted by Gasteiger charge is -2.38. The molecule has 1 saturated carbocycles. The SMILES string of the molecule is CCOC(=O)CCN(S(=O)[O-])C1(C(=O)Cl)CCCC1. The molecule has 0 bridgehead atoms. The third kappa shape index (κ3) is 3.98. The summed E-state index contributed by atoms with van der Waals surface area (Å²) < 4.78 is 28.4. The van der Waals surface area contributed by atoms with Crippen molar-refractivity contribution < 1.29 is 23.1 Å². The first-order valence-corrected chi connectivity index (χ1v) is 7.57. The van der Waals surface area contributed by atoms with Crippen LogP contribution in [0.5, 0.6) is 0 Å². The van der Waals surface area contributed by atoms with Crippen LogP contribution in [0.1, 0.15) is 39.0 Å². The molecule has 0 aromatic rings. The number of carbonyl (C=O) groups excluding carboxylic acids is 2. The maximum atomic E-state index is 11.6. The van der Waals surface area contributed by atoms with Gasteiger partial charge in [-0.15, -0.1) is 0 Å². The normalized spacial score (nSPS) is 19.4. The second kappa shape index (κ2) is 7.33. The van der Waals surface area contributed by atoms with Crippen LogP contribution in [0.25, 0.3) is 0 Å². The number of hydrogen-bond acceptors (Lipinski definition) is 5. The largest absolute Gasteiger partial charge is 0.760 e. The fourth-order valence-electron chi connectivity index (χ4n) is 2.36. The third-order valence-corrected chi connectivity index (χ3v) is 4.52. The Bertz CT molecular complexity index is 370. The van der Waals surface area contributed by atoms with Crippen LogP contribution in [0.15, 0.2) is 0 Å². The highest BCUT2D eigenvalue weighted by Gasteiger charge is 2.46. The summed E-state index contributed by atoms with van der Waals surface area (Å²) >= 11 is 2.98. The molecule has 0 amide bonds. The average Bonchev–Trinajstić information content (AvgIpc) is 2.79. The van der Waals surface area contributed by atoms with E-state index in [9.17, 15) is 18.4 Å². The molecule has 0 heterocycles. The van der Waals surface area contributed by atoms with E-state index in [1.807, 2.05) is 0 Å². The van der Waals surface area contributed by atoms with E-state index in [0.29, 0.717) is 12.8 Å². The summed E-state index contributed by atoms with van der Waals surface area (Å²) in [6.07, 6.45) is 2.18. The number of halogens is 1. The first-order chi connectivity index (χ1) is 8.94. The Morgan fingerprint density at radius 3 is 2.42 bits per heavy atom. The van der Waals surface area contributed by atoms with E-state index in [-0.39, 0.29) is 19.6 Å². The maximum absolute atomic E-state index is 11.6. The first kappa shape index (κ1) is 16.6. The second-order valence-electron chi connectivity index (χ2n) is 4.39. The van der Waals surface area contributed by atoms with Crippen LogP contribution in [0.4, 0.5) is 0 Å². The van der Waals surface area contributed by atoms with Crippen molar-refractivity contribution in [1.29, 1.82) is 0 Å². The van der Waals surface area contributed by atoms with Crippen molar-refractivity contribution in [1.82, 2.24) is 4.31 Å². The molecule has 0 radical (unpaired) electrons. The lowest BCUT2D eigenvalue weighted by Crippen LogP contribution is -2.52. The van der Waals surface area contributed by atoms with Crippen molar-refractivity contribution >= 4 is 34.1 Å². The monoisotopic (exact) mass is 310 g/mol. The van der Waals surface area contributed by atoms with Gasteiger partial charge in [0.15, 0.2) is 0 Å². The van der Waals surface area contributed by atoms with Crippen molar-refractivity contribution in [2.75, 3.05) is 13.2 Å². The van der Waals surface area contributed by atoms with Crippen LogP contribution >= 0.6 is 11.6 Å². The Morgan fingerprint density at radius 1 is 1.42 bits per heavy atom. The second-order valence-corrected chi connectivity index (χ2v) is 5.60. The molecule has 8 heteroatoms. The van der Waals surface area contributed by atoms with E-state index in [2.05, 4.69) is 0 Å². The fraction of sp³-hybridized carbons (Fsp3) is 0.818. The number of carbonyl (C=O) groups is 2. The molecule has 6 nitrogen and oxygen atoms in total. The molecule has 0 aromatic carbocycles. The number of nitrogens with zero attached hydrogens (tertiary/aromatic N) is 1. The van der Waals surface area contributed by atoms with Crippen molar-refractivity contribution in [3.8, 4) is 0 Å². The van der Waals surface area contributed by atoms with Crippen molar-refractivity contribution in [3.05, 3.63) is 0 Å². The van der Waals surface area contributed by atoms with Gasteiger partial charge in [0.05, 0.1) is 13.0 Å². The number of rotatable bonds is 7. The van der Waals surface area contributed by atoms with Gasteiger partial charge in [-0.3, -0.25) is 13.8 Å². The quantitative estimate of drug-likeness (QED) is 0.399. The Kier molecular flexibility index (Phi) is 6.38. The smallest absolute Gasteiger partial charge is 0.307 e. The lowest BCUT2D eigenvalue weighted by atomic mass is 9.99. The van der Waals surface area contributed by atoms with Gasteiger partial charge in [0.1, 0.15) is 5.54 Å². The molecule has 0 aliphatic heterocycles. The Balaban J connectivity index is 2.78.